The summed E-state index contributed by atoms with van der Waals surface area (Å²) in [6.45, 7) is 2.61. The molecule has 118 valence electrons. The lowest BCUT2D eigenvalue weighted by atomic mass is 10.0. The van der Waals surface area contributed by atoms with Crippen molar-refractivity contribution in [2.24, 2.45) is 0 Å². The molecule has 1 atom stereocenters. The molecule has 6 nitrogen and oxygen atoms in total. The van der Waals surface area contributed by atoms with Crippen molar-refractivity contribution in [1.82, 2.24) is 19.9 Å². The van der Waals surface area contributed by atoms with Crippen molar-refractivity contribution >= 4 is 11.6 Å². The van der Waals surface area contributed by atoms with Gasteiger partial charge in [-0.05, 0) is 18.6 Å². The first-order valence-electron chi connectivity index (χ1n) is 7.19. The minimum absolute atomic E-state index is 0.460. The fourth-order valence-corrected chi connectivity index (χ4v) is 3.08. The molecule has 1 aromatic carbocycles. The van der Waals surface area contributed by atoms with Crippen LogP contribution >= 0.6 is 11.6 Å². The molecule has 2 aromatic rings. The van der Waals surface area contributed by atoms with Gasteiger partial charge >= 0.3 is 0 Å². The van der Waals surface area contributed by atoms with E-state index in [1.807, 2.05) is 18.2 Å². The Balaban J connectivity index is 1.65. The molecule has 0 spiro atoms. The van der Waals surface area contributed by atoms with Crippen LogP contribution in [0.15, 0.2) is 30.6 Å². The Labute approximate surface area is 134 Å². The van der Waals surface area contributed by atoms with Gasteiger partial charge in [-0.25, -0.2) is 4.68 Å². The molecule has 1 N–H and O–H groups in total. The molecule has 2 heterocycles. The average molecular weight is 323 g/mol. The number of methoxy groups -OCH3 is 1. The second kappa shape index (κ2) is 6.24. The second-order valence-electron chi connectivity index (χ2n) is 5.74. The maximum absolute atomic E-state index is 10.7. The number of hydrogen-bond acceptors (Lipinski definition) is 5. The average Bonchev–Trinajstić information content (AvgIpc) is 3.11. The van der Waals surface area contributed by atoms with Gasteiger partial charge in [-0.1, -0.05) is 22.9 Å². The van der Waals surface area contributed by atoms with Crippen molar-refractivity contribution in [2.45, 2.75) is 25.1 Å². The van der Waals surface area contributed by atoms with Crippen molar-refractivity contribution in [3.63, 3.8) is 0 Å². The van der Waals surface area contributed by atoms with Crippen molar-refractivity contribution in [3.05, 3.63) is 41.2 Å². The number of benzene rings is 1. The van der Waals surface area contributed by atoms with Crippen LogP contribution in [-0.2, 0) is 13.1 Å². The summed E-state index contributed by atoms with van der Waals surface area (Å²) in [5.41, 5.74) is 0.296. The number of hydrogen-bond donors (Lipinski definition) is 1. The van der Waals surface area contributed by atoms with Gasteiger partial charge in [0.15, 0.2) is 0 Å². The van der Waals surface area contributed by atoms with E-state index in [9.17, 15) is 5.11 Å². The zero-order valence-electron chi connectivity index (χ0n) is 12.4. The first-order chi connectivity index (χ1) is 10.6. The molecule has 0 bridgehead atoms. The smallest absolute Gasteiger partial charge is 0.124 e. The normalized spacial score (nSPS) is 22.1. The first kappa shape index (κ1) is 15.3. The summed E-state index contributed by atoms with van der Waals surface area (Å²) in [6.07, 6.45) is 4.10. The summed E-state index contributed by atoms with van der Waals surface area (Å²) in [5.74, 6) is 0.777. The van der Waals surface area contributed by atoms with Gasteiger partial charge in [0.2, 0.25) is 0 Å². The van der Waals surface area contributed by atoms with Crippen LogP contribution in [0.25, 0.3) is 0 Å². The minimum Gasteiger partial charge on any atom is -0.496 e. The van der Waals surface area contributed by atoms with Crippen LogP contribution in [0.5, 0.6) is 5.75 Å². The van der Waals surface area contributed by atoms with Crippen molar-refractivity contribution in [2.75, 3.05) is 20.2 Å². The molecule has 1 aliphatic heterocycles. The van der Waals surface area contributed by atoms with Crippen molar-refractivity contribution in [1.29, 1.82) is 0 Å². The molecule has 1 fully saturated rings. The van der Waals surface area contributed by atoms with E-state index in [0.29, 0.717) is 24.5 Å². The van der Waals surface area contributed by atoms with Gasteiger partial charge in [0.1, 0.15) is 5.75 Å². The standard InChI is InChI=1S/C15H19ClN4O2/c1-22-14-8-13(16)3-2-12(14)9-19-6-4-15(21,10-19)11-20-7-5-17-18-20/h2-3,5,7-8,21H,4,6,9-11H2,1H3. The van der Waals surface area contributed by atoms with Gasteiger partial charge in [-0.3, -0.25) is 4.90 Å². The molecule has 1 aliphatic rings. The Hall–Kier alpha value is -1.63. The molecular weight excluding hydrogens is 304 g/mol. The zero-order chi connectivity index (χ0) is 15.6. The van der Waals surface area contributed by atoms with Crippen LogP contribution in [0.3, 0.4) is 0 Å². The maximum atomic E-state index is 10.7. The number of ether oxygens (including phenoxy) is 1. The quantitative estimate of drug-likeness (QED) is 0.905. The molecule has 22 heavy (non-hydrogen) atoms. The molecule has 1 saturated heterocycles. The predicted octanol–water partition coefficient (Wildman–Crippen LogP) is 1.58. The molecule has 1 aromatic heterocycles. The molecular formula is C15H19ClN4O2. The summed E-state index contributed by atoms with van der Waals surface area (Å²) < 4.78 is 7.05. The third kappa shape index (κ3) is 3.40. The summed E-state index contributed by atoms with van der Waals surface area (Å²) in [4.78, 5) is 2.21. The van der Waals surface area contributed by atoms with E-state index in [1.54, 1.807) is 24.2 Å². The Morgan fingerprint density at radius 3 is 3.05 bits per heavy atom. The van der Waals surface area contributed by atoms with Crippen LogP contribution < -0.4 is 4.74 Å². The van der Waals surface area contributed by atoms with Gasteiger partial charge in [-0.2, -0.15) is 0 Å². The van der Waals surface area contributed by atoms with Crippen LogP contribution in [0.2, 0.25) is 5.02 Å². The maximum Gasteiger partial charge on any atom is 0.124 e. The SMILES string of the molecule is COc1cc(Cl)ccc1CN1CCC(O)(Cn2ccnn2)C1. The van der Waals surface area contributed by atoms with Crippen LogP contribution in [0.1, 0.15) is 12.0 Å². The molecule has 0 saturated carbocycles. The van der Waals surface area contributed by atoms with E-state index in [1.165, 1.54) is 0 Å². The predicted molar refractivity (Wildman–Crippen MR) is 82.9 cm³/mol. The number of likely N-dealkylation sites (tertiary alicyclic amines) is 1. The van der Waals surface area contributed by atoms with Gasteiger partial charge in [-0.15, -0.1) is 5.10 Å². The fourth-order valence-electron chi connectivity index (χ4n) is 2.91. The highest BCUT2D eigenvalue weighted by molar-refractivity contribution is 6.30. The molecule has 1 unspecified atom stereocenters. The van der Waals surface area contributed by atoms with E-state index in [2.05, 4.69) is 15.2 Å². The monoisotopic (exact) mass is 322 g/mol. The van der Waals surface area contributed by atoms with E-state index in [-0.39, 0.29) is 0 Å². The number of β-amino-alcohol motifs (C(OH)–C–C–N with tert-alkyl or cyclic N) is 1. The highest BCUT2D eigenvalue weighted by atomic mass is 35.5. The molecule has 0 aliphatic carbocycles. The van der Waals surface area contributed by atoms with E-state index >= 15 is 0 Å². The Morgan fingerprint density at radius 2 is 2.32 bits per heavy atom. The van der Waals surface area contributed by atoms with Gasteiger partial charge in [0, 0.05) is 36.4 Å². The molecule has 7 heteroatoms. The topological polar surface area (TPSA) is 63.4 Å². The second-order valence-corrected chi connectivity index (χ2v) is 6.18. The zero-order valence-corrected chi connectivity index (χ0v) is 13.2. The Morgan fingerprint density at radius 1 is 1.45 bits per heavy atom. The summed E-state index contributed by atoms with van der Waals surface area (Å²) >= 11 is 5.99. The fraction of sp³-hybridized carbons (Fsp3) is 0.467. The van der Waals surface area contributed by atoms with E-state index in [0.717, 1.165) is 24.4 Å². The van der Waals surface area contributed by atoms with E-state index < -0.39 is 5.60 Å². The Bertz CT molecular complexity index is 634. The summed E-state index contributed by atoms with van der Waals surface area (Å²) in [5, 5.41) is 19.1. The molecule has 3 rings (SSSR count). The highest BCUT2D eigenvalue weighted by Gasteiger charge is 2.36. The number of rotatable bonds is 5. The number of halogens is 1. The number of nitrogens with zero attached hydrogens (tertiary/aromatic N) is 4. The largest absolute Gasteiger partial charge is 0.496 e. The van der Waals surface area contributed by atoms with Crippen LogP contribution in [-0.4, -0.2) is 50.8 Å². The Kier molecular flexibility index (Phi) is 4.33. The highest BCUT2D eigenvalue weighted by Crippen LogP contribution is 2.28. The van der Waals surface area contributed by atoms with Gasteiger partial charge in [0.25, 0.3) is 0 Å². The van der Waals surface area contributed by atoms with Gasteiger partial charge < -0.3 is 9.84 Å². The summed E-state index contributed by atoms with van der Waals surface area (Å²) in [7, 11) is 1.64. The lowest BCUT2D eigenvalue weighted by molar-refractivity contribution is 0.0274. The third-order valence-electron chi connectivity index (χ3n) is 3.98. The van der Waals surface area contributed by atoms with E-state index in [4.69, 9.17) is 16.3 Å². The van der Waals surface area contributed by atoms with Crippen molar-refractivity contribution < 1.29 is 9.84 Å². The third-order valence-corrected chi connectivity index (χ3v) is 4.22. The lowest BCUT2D eigenvalue weighted by Crippen LogP contribution is -2.37. The van der Waals surface area contributed by atoms with Crippen LogP contribution in [0.4, 0.5) is 0 Å². The lowest BCUT2D eigenvalue weighted by Gasteiger charge is -2.23. The summed E-state index contributed by atoms with van der Waals surface area (Å²) in [6, 6.07) is 5.64. The van der Waals surface area contributed by atoms with Crippen LogP contribution in [0, 0.1) is 0 Å². The van der Waals surface area contributed by atoms with Crippen molar-refractivity contribution in [3.8, 4) is 5.75 Å². The first-order valence-corrected chi connectivity index (χ1v) is 7.57. The minimum atomic E-state index is -0.770. The number of aliphatic hydroxyl groups is 1. The molecule has 0 amide bonds. The molecule has 0 radical (unpaired) electrons. The van der Waals surface area contributed by atoms with Gasteiger partial charge in [0.05, 0.1) is 25.5 Å². The number of aromatic nitrogens is 3.